The van der Waals surface area contributed by atoms with E-state index in [1.165, 1.54) is 11.3 Å². The summed E-state index contributed by atoms with van der Waals surface area (Å²) in [7, 11) is -2.10. The molecule has 1 N–H and O–H groups in total. The number of thiophene rings is 1. The van der Waals surface area contributed by atoms with Gasteiger partial charge >= 0.3 is 0 Å². The van der Waals surface area contributed by atoms with Gasteiger partial charge in [-0.05, 0) is 29.8 Å². The molecule has 0 radical (unpaired) electrons. The van der Waals surface area contributed by atoms with E-state index in [1.807, 2.05) is 24.3 Å². The predicted molar refractivity (Wildman–Crippen MR) is 104 cm³/mol. The highest BCUT2D eigenvalue weighted by Crippen LogP contribution is 2.45. The molecule has 2 heterocycles. The monoisotopic (exact) mass is 399 g/mol. The zero-order valence-corrected chi connectivity index (χ0v) is 16.1. The van der Waals surface area contributed by atoms with E-state index in [2.05, 4.69) is 5.32 Å². The first-order chi connectivity index (χ1) is 13.0. The molecule has 1 aromatic heterocycles. The van der Waals surface area contributed by atoms with Gasteiger partial charge in [0.2, 0.25) is 15.7 Å². The van der Waals surface area contributed by atoms with Gasteiger partial charge in [0.15, 0.2) is 0 Å². The Morgan fingerprint density at radius 1 is 1.07 bits per heavy atom. The molecule has 1 aliphatic heterocycles. The van der Waals surface area contributed by atoms with Crippen LogP contribution in [0, 0.1) is 0 Å². The number of carbonyl (C=O) groups excluding carboxylic acids is 1. The minimum absolute atomic E-state index is 0.153. The molecule has 1 amide bonds. The van der Waals surface area contributed by atoms with E-state index < -0.39 is 9.84 Å². The van der Waals surface area contributed by atoms with E-state index in [9.17, 15) is 13.2 Å². The fourth-order valence-corrected chi connectivity index (χ4v) is 6.16. The SMILES string of the molecule is COc1ccc([C@@H]2CC(=O)Nc3c(S(=O)(=O)c4ccccc4)csc32)cc1. The number of rotatable bonds is 4. The molecule has 0 unspecified atom stereocenters. The number of methoxy groups -OCH3 is 1. The highest BCUT2D eigenvalue weighted by atomic mass is 32.2. The standard InChI is InChI=1S/C20H17NO4S2/c1-25-14-9-7-13(8-10-14)16-11-18(22)21-19-17(12-26-20(16)19)27(23,24)15-5-3-2-4-6-15/h2-10,12,16H,11H2,1H3,(H,21,22)/t16-/m0/s1. The Morgan fingerprint density at radius 3 is 2.44 bits per heavy atom. The number of amides is 1. The molecule has 4 rings (SSSR count). The average Bonchev–Trinajstić information content (AvgIpc) is 3.12. The fourth-order valence-electron chi connectivity index (χ4n) is 3.23. The van der Waals surface area contributed by atoms with Gasteiger partial charge in [0.1, 0.15) is 10.6 Å². The second-order valence-electron chi connectivity index (χ2n) is 6.23. The summed E-state index contributed by atoms with van der Waals surface area (Å²) < 4.78 is 31.3. The summed E-state index contributed by atoms with van der Waals surface area (Å²) in [5.41, 5.74) is 1.36. The highest BCUT2D eigenvalue weighted by Gasteiger charge is 2.34. The Kier molecular flexibility index (Phi) is 4.49. The topological polar surface area (TPSA) is 72.5 Å². The third kappa shape index (κ3) is 3.13. The largest absolute Gasteiger partial charge is 0.497 e. The van der Waals surface area contributed by atoms with Crippen molar-refractivity contribution in [3.05, 3.63) is 70.4 Å². The molecule has 0 spiro atoms. The summed E-state index contributed by atoms with van der Waals surface area (Å²) in [6, 6.07) is 15.8. The third-order valence-electron chi connectivity index (χ3n) is 4.62. The second-order valence-corrected chi connectivity index (χ2v) is 9.06. The van der Waals surface area contributed by atoms with E-state index in [-0.39, 0.29) is 28.0 Å². The molecule has 1 aliphatic rings. The normalized spacial score (nSPS) is 16.5. The van der Waals surface area contributed by atoms with Crippen molar-refractivity contribution >= 4 is 32.8 Å². The summed E-state index contributed by atoms with van der Waals surface area (Å²) in [5.74, 6) is 0.369. The van der Waals surface area contributed by atoms with Gasteiger partial charge in [-0.3, -0.25) is 4.79 Å². The van der Waals surface area contributed by atoms with Crippen LogP contribution in [0.3, 0.4) is 0 Å². The first-order valence-corrected chi connectivity index (χ1v) is 10.7. The number of ether oxygens (including phenoxy) is 1. The lowest BCUT2D eigenvalue weighted by Gasteiger charge is -2.24. The molecule has 3 aromatic rings. The van der Waals surface area contributed by atoms with Crippen LogP contribution in [-0.4, -0.2) is 21.4 Å². The first kappa shape index (κ1) is 17.8. The molecule has 138 valence electrons. The highest BCUT2D eigenvalue weighted by molar-refractivity contribution is 7.91. The molecule has 0 aliphatic carbocycles. The zero-order chi connectivity index (χ0) is 19.0. The van der Waals surface area contributed by atoms with Crippen LogP contribution in [-0.2, 0) is 14.6 Å². The predicted octanol–water partition coefficient (Wildman–Crippen LogP) is 4.06. The fraction of sp³-hybridized carbons (Fsp3) is 0.150. The van der Waals surface area contributed by atoms with E-state index in [1.54, 1.807) is 42.8 Å². The number of hydrogen-bond acceptors (Lipinski definition) is 5. The molecule has 0 bridgehead atoms. The molecule has 27 heavy (non-hydrogen) atoms. The number of anilines is 1. The minimum Gasteiger partial charge on any atom is -0.497 e. The van der Waals surface area contributed by atoms with Crippen LogP contribution in [0.25, 0.3) is 0 Å². The number of carbonyl (C=O) groups is 1. The number of benzene rings is 2. The summed E-state index contributed by atoms with van der Waals surface area (Å²) in [4.78, 5) is 13.5. The van der Waals surface area contributed by atoms with Crippen LogP contribution >= 0.6 is 11.3 Å². The Labute approximate surface area is 161 Å². The van der Waals surface area contributed by atoms with Crippen LogP contribution in [0.4, 0.5) is 5.69 Å². The molecule has 0 saturated carbocycles. The van der Waals surface area contributed by atoms with Gasteiger partial charge < -0.3 is 10.1 Å². The van der Waals surface area contributed by atoms with E-state index in [0.29, 0.717) is 5.69 Å². The van der Waals surface area contributed by atoms with Crippen molar-refractivity contribution in [3.8, 4) is 5.75 Å². The summed E-state index contributed by atoms with van der Waals surface area (Å²) in [5, 5.41) is 4.39. The van der Waals surface area contributed by atoms with Gasteiger partial charge in [-0.25, -0.2) is 8.42 Å². The molecule has 2 aromatic carbocycles. The van der Waals surface area contributed by atoms with Gasteiger partial charge in [-0.1, -0.05) is 30.3 Å². The van der Waals surface area contributed by atoms with Gasteiger partial charge in [0.25, 0.3) is 0 Å². The van der Waals surface area contributed by atoms with Crippen molar-refractivity contribution in [1.82, 2.24) is 0 Å². The van der Waals surface area contributed by atoms with Crippen LogP contribution in [0.2, 0.25) is 0 Å². The maximum absolute atomic E-state index is 13.0. The Bertz CT molecular complexity index is 1090. The van der Waals surface area contributed by atoms with E-state index >= 15 is 0 Å². The molecule has 0 fully saturated rings. The van der Waals surface area contributed by atoms with Crippen LogP contribution in [0.15, 0.2) is 69.8 Å². The number of hydrogen-bond donors (Lipinski definition) is 1. The minimum atomic E-state index is -3.70. The van der Waals surface area contributed by atoms with Crippen LogP contribution < -0.4 is 10.1 Å². The number of nitrogens with one attached hydrogen (secondary N) is 1. The molecule has 5 nitrogen and oxygen atoms in total. The Hall–Kier alpha value is -2.64. The Morgan fingerprint density at radius 2 is 1.78 bits per heavy atom. The van der Waals surface area contributed by atoms with Crippen molar-refractivity contribution in [2.75, 3.05) is 12.4 Å². The first-order valence-electron chi connectivity index (χ1n) is 8.36. The van der Waals surface area contributed by atoms with Crippen LogP contribution in [0.1, 0.15) is 22.8 Å². The third-order valence-corrected chi connectivity index (χ3v) is 7.66. The molecule has 0 saturated heterocycles. The van der Waals surface area contributed by atoms with Gasteiger partial charge in [-0.2, -0.15) is 0 Å². The van der Waals surface area contributed by atoms with E-state index in [4.69, 9.17) is 4.74 Å². The second kappa shape index (κ2) is 6.83. The molecular formula is C20H17NO4S2. The number of sulfone groups is 1. The van der Waals surface area contributed by atoms with Crippen molar-refractivity contribution < 1.29 is 17.9 Å². The summed E-state index contributed by atoms with van der Waals surface area (Å²) >= 11 is 1.36. The molecular weight excluding hydrogens is 382 g/mol. The van der Waals surface area contributed by atoms with Gasteiger partial charge in [0, 0.05) is 22.6 Å². The summed E-state index contributed by atoms with van der Waals surface area (Å²) in [6.45, 7) is 0. The quantitative estimate of drug-likeness (QED) is 0.718. The molecule has 1 atom stereocenters. The lowest BCUT2D eigenvalue weighted by Crippen LogP contribution is -2.23. The maximum atomic E-state index is 13.0. The van der Waals surface area contributed by atoms with E-state index in [0.717, 1.165) is 16.2 Å². The van der Waals surface area contributed by atoms with Crippen molar-refractivity contribution in [2.45, 2.75) is 22.1 Å². The average molecular weight is 399 g/mol. The van der Waals surface area contributed by atoms with Gasteiger partial charge in [-0.15, -0.1) is 11.3 Å². The van der Waals surface area contributed by atoms with Crippen molar-refractivity contribution in [3.63, 3.8) is 0 Å². The smallest absolute Gasteiger partial charge is 0.225 e. The lowest BCUT2D eigenvalue weighted by atomic mass is 9.91. The van der Waals surface area contributed by atoms with Gasteiger partial charge in [0.05, 0.1) is 17.7 Å². The summed E-state index contributed by atoms with van der Waals surface area (Å²) in [6.07, 6.45) is 0.282. The lowest BCUT2D eigenvalue weighted by molar-refractivity contribution is -0.116. The van der Waals surface area contributed by atoms with Crippen molar-refractivity contribution in [2.24, 2.45) is 0 Å². The molecule has 7 heteroatoms. The zero-order valence-electron chi connectivity index (χ0n) is 14.5. The maximum Gasteiger partial charge on any atom is 0.225 e. The number of fused-ring (bicyclic) bond motifs is 1. The van der Waals surface area contributed by atoms with Crippen LogP contribution in [0.5, 0.6) is 5.75 Å². The Balaban J connectivity index is 1.80. The van der Waals surface area contributed by atoms with Crippen molar-refractivity contribution in [1.29, 1.82) is 0 Å².